The molecule has 1 saturated carbocycles. The van der Waals surface area contributed by atoms with Crippen LogP contribution in [0.4, 0.5) is 0 Å². The summed E-state index contributed by atoms with van der Waals surface area (Å²) in [5.41, 5.74) is 0. The lowest BCUT2D eigenvalue weighted by Gasteiger charge is -2.42. The molecule has 1 N–H and O–H groups in total. The third kappa shape index (κ3) is 1.28. The Kier molecular flexibility index (Phi) is 2.14. The number of fused-ring (bicyclic) bond motifs is 2. The van der Waals surface area contributed by atoms with Gasteiger partial charge in [-0.3, -0.25) is 4.79 Å². The SMILES string of the molecule is CCC1C2C=CC(CC2)C1C(=O)O. The molecule has 0 aromatic carbocycles. The van der Waals surface area contributed by atoms with Crippen LogP contribution in [0.25, 0.3) is 0 Å². The van der Waals surface area contributed by atoms with Gasteiger partial charge in [-0.1, -0.05) is 25.5 Å². The zero-order valence-electron chi connectivity index (χ0n) is 7.94. The predicted molar refractivity (Wildman–Crippen MR) is 50.3 cm³/mol. The summed E-state index contributed by atoms with van der Waals surface area (Å²) >= 11 is 0. The molecule has 1 fully saturated rings. The molecule has 0 radical (unpaired) electrons. The van der Waals surface area contributed by atoms with Gasteiger partial charge in [-0.05, 0) is 30.6 Å². The number of allylic oxidation sites excluding steroid dienone is 2. The van der Waals surface area contributed by atoms with E-state index < -0.39 is 5.97 Å². The number of carboxylic acids is 1. The maximum Gasteiger partial charge on any atom is 0.307 e. The van der Waals surface area contributed by atoms with Gasteiger partial charge in [0.15, 0.2) is 0 Å². The average molecular weight is 180 g/mol. The van der Waals surface area contributed by atoms with Crippen molar-refractivity contribution in [2.45, 2.75) is 26.2 Å². The summed E-state index contributed by atoms with van der Waals surface area (Å²) in [5, 5.41) is 9.13. The van der Waals surface area contributed by atoms with Gasteiger partial charge < -0.3 is 5.11 Å². The van der Waals surface area contributed by atoms with E-state index in [0.717, 1.165) is 12.8 Å². The lowest BCUT2D eigenvalue weighted by molar-refractivity contribution is -0.148. The number of rotatable bonds is 2. The average Bonchev–Trinajstić information content (AvgIpc) is 2.17. The molecule has 2 nitrogen and oxygen atoms in total. The molecular formula is C11H16O2. The first kappa shape index (κ1) is 8.79. The summed E-state index contributed by atoms with van der Waals surface area (Å²) in [5.74, 6) is 0.546. The van der Waals surface area contributed by atoms with E-state index in [9.17, 15) is 4.79 Å². The zero-order chi connectivity index (χ0) is 9.42. The lowest BCUT2D eigenvalue weighted by atomic mass is 9.61. The molecule has 13 heavy (non-hydrogen) atoms. The van der Waals surface area contributed by atoms with E-state index in [1.54, 1.807) is 0 Å². The van der Waals surface area contributed by atoms with E-state index in [2.05, 4.69) is 19.1 Å². The highest BCUT2D eigenvalue weighted by Crippen LogP contribution is 2.46. The number of hydrogen-bond donors (Lipinski definition) is 1. The molecule has 0 aromatic heterocycles. The fraction of sp³-hybridized carbons (Fsp3) is 0.727. The highest BCUT2D eigenvalue weighted by molar-refractivity contribution is 5.71. The van der Waals surface area contributed by atoms with Gasteiger partial charge in [0.2, 0.25) is 0 Å². The highest BCUT2D eigenvalue weighted by Gasteiger charge is 2.43. The van der Waals surface area contributed by atoms with Gasteiger partial charge in [0.25, 0.3) is 0 Å². The maximum absolute atomic E-state index is 11.1. The van der Waals surface area contributed by atoms with Crippen molar-refractivity contribution in [2.24, 2.45) is 23.7 Å². The first-order valence-electron chi connectivity index (χ1n) is 5.15. The monoisotopic (exact) mass is 180 g/mol. The van der Waals surface area contributed by atoms with E-state index in [4.69, 9.17) is 5.11 Å². The van der Waals surface area contributed by atoms with Crippen molar-refractivity contribution in [2.75, 3.05) is 0 Å². The quantitative estimate of drug-likeness (QED) is 0.662. The minimum absolute atomic E-state index is 0.103. The van der Waals surface area contributed by atoms with E-state index in [1.807, 2.05) is 0 Å². The molecule has 72 valence electrons. The number of aliphatic carboxylic acids is 1. The van der Waals surface area contributed by atoms with Crippen LogP contribution in [0.5, 0.6) is 0 Å². The van der Waals surface area contributed by atoms with Crippen LogP contribution >= 0.6 is 0 Å². The largest absolute Gasteiger partial charge is 0.481 e. The zero-order valence-corrected chi connectivity index (χ0v) is 7.94. The van der Waals surface area contributed by atoms with Crippen LogP contribution < -0.4 is 0 Å². The summed E-state index contributed by atoms with van der Waals surface area (Å²) in [4.78, 5) is 11.1. The van der Waals surface area contributed by atoms with Gasteiger partial charge in [-0.2, -0.15) is 0 Å². The van der Waals surface area contributed by atoms with E-state index in [1.165, 1.54) is 6.42 Å². The van der Waals surface area contributed by atoms with E-state index >= 15 is 0 Å². The van der Waals surface area contributed by atoms with Crippen molar-refractivity contribution in [3.63, 3.8) is 0 Å². The Morgan fingerprint density at radius 2 is 2.00 bits per heavy atom. The number of carboxylic acid groups (broad SMARTS) is 1. The van der Waals surface area contributed by atoms with Crippen LogP contribution in [0.3, 0.4) is 0 Å². The fourth-order valence-corrected chi connectivity index (χ4v) is 3.03. The topological polar surface area (TPSA) is 37.3 Å². The van der Waals surface area contributed by atoms with Gasteiger partial charge in [0.05, 0.1) is 5.92 Å². The lowest BCUT2D eigenvalue weighted by Crippen LogP contribution is -2.40. The molecule has 0 spiro atoms. The Balaban J connectivity index is 2.26. The highest BCUT2D eigenvalue weighted by atomic mass is 16.4. The summed E-state index contributed by atoms with van der Waals surface area (Å²) in [6.45, 7) is 2.11. The van der Waals surface area contributed by atoms with Gasteiger partial charge in [-0.15, -0.1) is 0 Å². The number of hydrogen-bond acceptors (Lipinski definition) is 1. The Labute approximate surface area is 78.6 Å². The molecule has 4 unspecified atom stereocenters. The van der Waals surface area contributed by atoms with E-state index in [0.29, 0.717) is 17.8 Å². The molecule has 0 aromatic rings. The van der Waals surface area contributed by atoms with Gasteiger partial charge in [-0.25, -0.2) is 0 Å². The minimum atomic E-state index is -0.592. The predicted octanol–water partition coefficient (Wildman–Crippen LogP) is 2.31. The molecule has 2 bridgehead atoms. The van der Waals surface area contributed by atoms with Gasteiger partial charge in [0, 0.05) is 0 Å². The summed E-state index contributed by atoms with van der Waals surface area (Å²) in [6.07, 6.45) is 7.64. The van der Waals surface area contributed by atoms with Crippen LogP contribution in [-0.4, -0.2) is 11.1 Å². The van der Waals surface area contributed by atoms with Gasteiger partial charge >= 0.3 is 5.97 Å². The first-order valence-corrected chi connectivity index (χ1v) is 5.15. The Morgan fingerprint density at radius 1 is 1.38 bits per heavy atom. The molecule has 0 heterocycles. The second-order valence-corrected chi connectivity index (χ2v) is 4.23. The van der Waals surface area contributed by atoms with E-state index in [-0.39, 0.29) is 5.92 Å². The molecule has 0 saturated heterocycles. The summed E-state index contributed by atoms with van der Waals surface area (Å²) in [7, 11) is 0. The second-order valence-electron chi connectivity index (χ2n) is 4.23. The fourth-order valence-electron chi connectivity index (χ4n) is 3.03. The normalized spacial score (nSPS) is 42.2. The molecule has 3 aliphatic carbocycles. The van der Waals surface area contributed by atoms with Crippen molar-refractivity contribution in [3.05, 3.63) is 12.2 Å². The van der Waals surface area contributed by atoms with Crippen molar-refractivity contribution in [1.82, 2.24) is 0 Å². The molecule has 4 atom stereocenters. The molecular weight excluding hydrogens is 164 g/mol. The Morgan fingerprint density at radius 3 is 2.38 bits per heavy atom. The molecule has 3 rings (SSSR count). The van der Waals surface area contributed by atoms with Crippen molar-refractivity contribution >= 4 is 5.97 Å². The second kappa shape index (κ2) is 3.17. The van der Waals surface area contributed by atoms with Crippen LogP contribution in [0.15, 0.2) is 12.2 Å². The third-order valence-corrected chi connectivity index (χ3v) is 3.67. The standard InChI is InChI=1S/C11H16O2/c1-2-9-7-3-5-8(6-4-7)10(9)11(12)13/h3,5,7-10H,2,4,6H2,1H3,(H,12,13). The third-order valence-electron chi connectivity index (χ3n) is 3.67. The van der Waals surface area contributed by atoms with Crippen molar-refractivity contribution < 1.29 is 9.90 Å². The Bertz CT molecular complexity index is 244. The molecule has 0 aliphatic heterocycles. The van der Waals surface area contributed by atoms with Crippen LogP contribution in [0.2, 0.25) is 0 Å². The van der Waals surface area contributed by atoms with Crippen molar-refractivity contribution in [3.8, 4) is 0 Å². The Hall–Kier alpha value is -0.790. The molecule has 0 amide bonds. The van der Waals surface area contributed by atoms with Crippen LogP contribution in [0.1, 0.15) is 26.2 Å². The smallest absolute Gasteiger partial charge is 0.307 e. The van der Waals surface area contributed by atoms with Gasteiger partial charge in [0.1, 0.15) is 0 Å². The maximum atomic E-state index is 11.1. The molecule has 3 aliphatic rings. The van der Waals surface area contributed by atoms with Crippen LogP contribution in [-0.2, 0) is 4.79 Å². The first-order chi connectivity index (χ1) is 6.24. The number of carbonyl (C=O) groups is 1. The van der Waals surface area contributed by atoms with Crippen molar-refractivity contribution in [1.29, 1.82) is 0 Å². The van der Waals surface area contributed by atoms with Crippen LogP contribution in [0, 0.1) is 23.7 Å². The molecule has 2 heteroatoms. The summed E-state index contributed by atoms with van der Waals surface area (Å²) in [6, 6.07) is 0. The minimum Gasteiger partial charge on any atom is -0.481 e. The summed E-state index contributed by atoms with van der Waals surface area (Å²) < 4.78 is 0.